The Morgan fingerprint density at radius 1 is 1.08 bits per heavy atom. The van der Waals surface area contributed by atoms with E-state index in [4.69, 9.17) is 19.4 Å². The Labute approximate surface area is 349 Å². The number of sulfonamides is 1. The topological polar surface area (TPSA) is 182 Å². The average molecular weight is 844 g/mol. The van der Waals surface area contributed by atoms with E-state index in [1.807, 2.05) is 57.3 Å². The number of ether oxygens (including phenoxy) is 2. The van der Waals surface area contributed by atoms with Crippen LogP contribution in [0.4, 0.5) is 5.82 Å². The Morgan fingerprint density at radius 2 is 1.83 bits per heavy atom. The number of amides is 3. The van der Waals surface area contributed by atoms with Crippen LogP contribution in [0.5, 0.6) is 11.5 Å². The maximum atomic E-state index is 14.9. The zero-order valence-corrected chi connectivity index (χ0v) is 36.4. The third-order valence-electron chi connectivity index (χ3n) is 11.4. The summed E-state index contributed by atoms with van der Waals surface area (Å²) in [4.78, 5) is 59.1. The number of carbonyl (C=O) groups is 3. The number of likely N-dealkylation sites (tertiary alicyclic amines) is 1. The van der Waals surface area contributed by atoms with Gasteiger partial charge in [0.05, 0.1) is 30.1 Å². The zero-order valence-electron chi connectivity index (χ0n) is 34.8. The Morgan fingerprint density at radius 3 is 2.42 bits per heavy atom. The van der Waals surface area contributed by atoms with Crippen LogP contribution < -0.4 is 24.8 Å². The number of rotatable bonds is 14. The highest BCUT2D eigenvalue weighted by Gasteiger charge is 2.63. The fraction of sp³-hybridized carbons (Fsp3) is 0.488. The van der Waals surface area contributed by atoms with Crippen LogP contribution in [0.15, 0.2) is 60.1 Å². The third-order valence-corrected chi connectivity index (χ3v) is 14.1. The molecule has 3 fully saturated rings. The second-order valence-corrected chi connectivity index (χ2v) is 20.2. The average Bonchev–Trinajstić information content (AvgIpc) is 4.07. The van der Waals surface area contributed by atoms with Crippen LogP contribution in [0, 0.1) is 18.3 Å². The Kier molecular flexibility index (Phi) is 11.3. The quantitative estimate of drug-likeness (QED) is 0.124. The molecule has 2 aliphatic carbocycles. The molecule has 5 atom stereocenters. The summed E-state index contributed by atoms with van der Waals surface area (Å²) in [6.45, 7) is 17.7. The van der Waals surface area contributed by atoms with Crippen molar-refractivity contribution >= 4 is 55.8 Å². The monoisotopic (exact) mass is 843 g/mol. The summed E-state index contributed by atoms with van der Waals surface area (Å²) in [7, 11) is -2.30. The number of hydrogen-bond donors (Lipinski definition) is 3. The van der Waals surface area contributed by atoms with Gasteiger partial charge in [0.25, 0.3) is 5.91 Å². The van der Waals surface area contributed by atoms with Gasteiger partial charge in [-0.25, -0.2) is 23.4 Å². The second-order valence-electron chi connectivity index (χ2n) is 17.4. The maximum absolute atomic E-state index is 14.9. The van der Waals surface area contributed by atoms with E-state index in [0.717, 1.165) is 21.7 Å². The van der Waals surface area contributed by atoms with Crippen molar-refractivity contribution in [2.45, 2.75) is 109 Å². The molecule has 0 radical (unpaired) electrons. The van der Waals surface area contributed by atoms with E-state index in [2.05, 4.69) is 40.8 Å². The molecule has 314 valence electrons. The highest BCUT2D eigenvalue weighted by Crippen LogP contribution is 2.49. The minimum absolute atomic E-state index is 0.0373. The smallest absolute Gasteiger partial charge is 0.259 e. The first-order valence-corrected chi connectivity index (χ1v) is 22.4. The number of carbonyl (C=O) groups excluding carboxylic acids is 3. The minimum atomic E-state index is -3.91. The lowest BCUT2D eigenvalue weighted by molar-refractivity contribution is -0.141. The van der Waals surface area contributed by atoms with Crippen molar-refractivity contribution in [2.24, 2.45) is 11.3 Å². The summed E-state index contributed by atoms with van der Waals surface area (Å²) in [5, 5.41) is 9.05. The molecule has 1 saturated heterocycles. The highest BCUT2D eigenvalue weighted by molar-refractivity contribution is 7.91. The van der Waals surface area contributed by atoms with Gasteiger partial charge in [0, 0.05) is 40.9 Å². The molecule has 0 bridgehead atoms. The van der Waals surface area contributed by atoms with Crippen LogP contribution >= 0.6 is 11.3 Å². The maximum Gasteiger partial charge on any atom is 0.259 e. The van der Waals surface area contributed by atoms with Gasteiger partial charge in [-0.05, 0) is 68.7 Å². The predicted molar refractivity (Wildman–Crippen MR) is 228 cm³/mol. The first kappa shape index (κ1) is 42.0. The van der Waals surface area contributed by atoms with Crippen molar-refractivity contribution in [1.29, 1.82) is 0 Å². The normalized spacial score (nSPS) is 22.2. The fourth-order valence-corrected chi connectivity index (χ4v) is 10.0. The summed E-state index contributed by atoms with van der Waals surface area (Å²) in [6, 6.07) is 9.04. The van der Waals surface area contributed by atoms with Crippen molar-refractivity contribution in [1.82, 2.24) is 29.9 Å². The first-order chi connectivity index (χ1) is 27.8. The van der Waals surface area contributed by atoms with Gasteiger partial charge in [0.15, 0.2) is 0 Å². The lowest BCUT2D eigenvalue weighted by Gasteiger charge is -2.36. The van der Waals surface area contributed by atoms with Crippen molar-refractivity contribution in [3.8, 4) is 22.2 Å². The number of nitrogens with one attached hydrogen (secondary N) is 3. The van der Waals surface area contributed by atoms with Gasteiger partial charge in [0.2, 0.25) is 21.8 Å². The molecule has 7 rings (SSSR count). The second kappa shape index (κ2) is 15.8. The van der Waals surface area contributed by atoms with Crippen molar-refractivity contribution < 1.29 is 32.3 Å². The van der Waals surface area contributed by atoms with Crippen LogP contribution in [0.1, 0.15) is 84.4 Å². The highest BCUT2D eigenvalue weighted by atomic mass is 32.2. The molecule has 3 amide bonds. The number of aromatic nitrogens is 3. The molecule has 3 aromatic heterocycles. The van der Waals surface area contributed by atoms with Gasteiger partial charge < -0.3 is 25.0 Å². The van der Waals surface area contributed by atoms with E-state index in [1.165, 1.54) is 16.2 Å². The van der Waals surface area contributed by atoms with Crippen molar-refractivity contribution in [3.05, 3.63) is 71.4 Å². The molecule has 3 N–H and O–H groups in total. The Bertz CT molecular complexity index is 2410. The summed E-state index contributed by atoms with van der Waals surface area (Å²) in [6.07, 6.45) is 2.15. The van der Waals surface area contributed by atoms with Gasteiger partial charge in [-0.3, -0.25) is 19.1 Å². The Balaban J connectivity index is 1.25. The number of fused-ring (bicyclic) bond motifs is 1. The first-order valence-electron chi connectivity index (χ1n) is 19.9. The van der Waals surface area contributed by atoms with Crippen LogP contribution in [0.2, 0.25) is 0 Å². The van der Waals surface area contributed by atoms with Crippen LogP contribution in [-0.2, 0) is 24.4 Å². The number of aryl methyl sites for hydroxylation is 1. The number of benzene rings is 1. The predicted octanol–water partition coefficient (Wildman–Crippen LogP) is 6.13. The number of anilines is 1. The molecule has 0 unspecified atom stereocenters. The zero-order chi connectivity index (χ0) is 42.6. The standard InChI is InChI=1S/C43H53N7O7S2/c1-23(2)29-20-43(29,41(53)49-59(54,55)27-13-14-27)48-38(51)32-18-26(21-50(32)40(52)37(42(6,7)8)47-35-12-10-11-17-44-35)57-34-19-30(39-46-31(22-58-39)24(3)4)45-36-25(5)33(56-9)16-15-28(34)36/h10-12,15-17,19,22,24,26-27,29,32,37H,1,13-14,18,20-21H2,2-9H3,(H,44,47)(H,48,51)(H,49,53)/t26-,29+,32+,37-,43-/m1/s1. The van der Waals surface area contributed by atoms with E-state index in [9.17, 15) is 22.8 Å². The molecule has 1 aromatic carbocycles. The summed E-state index contributed by atoms with van der Waals surface area (Å²) in [5.41, 5.74) is 1.50. The summed E-state index contributed by atoms with van der Waals surface area (Å²) in [5.74, 6) is -0.369. The molecule has 14 nitrogen and oxygen atoms in total. The number of pyridine rings is 2. The molecular weight excluding hydrogens is 791 g/mol. The van der Waals surface area contributed by atoms with Gasteiger partial charge in [-0.15, -0.1) is 11.3 Å². The van der Waals surface area contributed by atoms with Crippen molar-refractivity contribution in [2.75, 3.05) is 19.0 Å². The van der Waals surface area contributed by atoms with Gasteiger partial charge in [-0.1, -0.05) is 52.8 Å². The van der Waals surface area contributed by atoms with Gasteiger partial charge >= 0.3 is 0 Å². The van der Waals surface area contributed by atoms with Crippen LogP contribution in [0.25, 0.3) is 21.6 Å². The number of thiazole rings is 1. The molecule has 1 aliphatic heterocycles. The van der Waals surface area contributed by atoms with E-state index >= 15 is 0 Å². The largest absolute Gasteiger partial charge is 0.496 e. The molecule has 0 spiro atoms. The molecule has 4 heterocycles. The lowest BCUT2D eigenvalue weighted by atomic mass is 9.85. The van der Waals surface area contributed by atoms with E-state index < -0.39 is 62.1 Å². The molecule has 59 heavy (non-hydrogen) atoms. The van der Waals surface area contributed by atoms with E-state index in [-0.39, 0.29) is 31.2 Å². The number of hydrogen-bond acceptors (Lipinski definition) is 12. The van der Waals surface area contributed by atoms with Crippen LogP contribution in [-0.4, -0.2) is 88.6 Å². The minimum Gasteiger partial charge on any atom is -0.496 e. The number of nitrogens with zero attached hydrogens (tertiary/aromatic N) is 4. The van der Waals surface area contributed by atoms with Crippen LogP contribution in [0.3, 0.4) is 0 Å². The Hall–Kier alpha value is -5.09. The molecule has 4 aromatic rings. The van der Waals surface area contributed by atoms with Crippen molar-refractivity contribution in [3.63, 3.8) is 0 Å². The summed E-state index contributed by atoms with van der Waals surface area (Å²) < 4.78 is 40.5. The van der Waals surface area contributed by atoms with Gasteiger partial charge in [0.1, 0.15) is 51.7 Å². The molecular formula is C43H53N7O7S2. The van der Waals surface area contributed by atoms with Gasteiger partial charge in [-0.2, -0.15) is 0 Å². The SMILES string of the molecule is C=C(C)[C@@H]1C[C@]1(NC(=O)[C@@H]1C[C@@H](Oc2cc(-c3nc(C(C)C)cs3)nc3c(C)c(OC)ccc23)CN1C(=O)[C@@H](Nc1ccccn1)C(C)(C)C)C(=O)NS(=O)(=O)C1CC1. The van der Waals surface area contributed by atoms with E-state index in [0.29, 0.717) is 46.9 Å². The molecule has 16 heteroatoms. The molecule has 2 saturated carbocycles. The summed E-state index contributed by atoms with van der Waals surface area (Å²) >= 11 is 1.49. The molecule has 3 aliphatic rings. The lowest BCUT2D eigenvalue weighted by Crippen LogP contribution is -2.58. The third kappa shape index (κ3) is 8.51. The van der Waals surface area contributed by atoms with E-state index in [1.54, 1.807) is 32.4 Å². The fourth-order valence-electron chi connectivity index (χ4n) is 7.73. The number of methoxy groups -OCH3 is 1.